The molecule has 2 aliphatic heterocycles. The molecule has 3 fully saturated rings. The second-order valence-corrected chi connectivity index (χ2v) is 21.7. The second kappa shape index (κ2) is 17.5. The highest BCUT2D eigenvalue weighted by Gasteiger charge is 2.47. The molecule has 3 unspecified atom stereocenters. The molecule has 4 heterocycles. The Morgan fingerprint density at radius 2 is 1.25 bits per heavy atom. The first kappa shape index (κ1) is 46.0. The van der Waals surface area contributed by atoms with E-state index in [2.05, 4.69) is 103 Å². The molecule has 4 N–H and O–H groups in total. The molecule has 2 aromatic heterocycles. The molecule has 0 radical (unpaired) electrons. The van der Waals surface area contributed by atoms with Crippen LogP contribution >= 0.6 is 0 Å². The number of fused-ring (bicyclic) bond motifs is 4. The summed E-state index contributed by atoms with van der Waals surface area (Å²) in [4.78, 5) is 73.3. The highest BCUT2D eigenvalue weighted by Crippen LogP contribution is 2.56. The number of alkyl carbamates (subject to hydrolysis) is 2. The third kappa shape index (κ3) is 8.68. The van der Waals surface area contributed by atoms with Crippen LogP contribution in [0, 0.1) is 28.6 Å². The number of aromatic amines is 2. The fourth-order valence-corrected chi connectivity index (χ4v) is 11.4. The average molecular weight is 911 g/mol. The first-order valence-corrected chi connectivity index (χ1v) is 24.0. The van der Waals surface area contributed by atoms with Crippen molar-refractivity contribution in [2.24, 2.45) is 28.6 Å². The third-order valence-corrected chi connectivity index (χ3v) is 14.9. The fourth-order valence-electron chi connectivity index (χ4n) is 11.4. The van der Waals surface area contributed by atoms with Crippen molar-refractivity contribution in [2.45, 2.75) is 118 Å². The van der Waals surface area contributed by atoms with Gasteiger partial charge in [0.15, 0.2) is 0 Å². The van der Waals surface area contributed by atoms with Crippen LogP contribution in [-0.2, 0) is 25.5 Å². The topological polar surface area (TPSA) is 175 Å². The lowest BCUT2D eigenvalue weighted by Crippen LogP contribution is -2.51. The van der Waals surface area contributed by atoms with Crippen molar-refractivity contribution < 1.29 is 28.7 Å². The van der Waals surface area contributed by atoms with Gasteiger partial charge in [-0.15, -0.1) is 0 Å². The SMILES string of the molecule is COC(=O)NC(C(=O)N1CC(C)(C)C[C@H]1c1ncc(-c2ccc(-c3ccc(-c4ccc5nc([C@@H]6CC(C)(C)CN6C(=O)[C@@H](NC(=O)OC)C(C)C)[nH]c5c4)c4c3C3CCC3C4)cc2)[nH]1)C(C)C. The summed E-state index contributed by atoms with van der Waals surface area (Å²) in [5, 5.41) is 5.52. The molecule has 4 amide bonds. The summed E-state index contributed by atoms with van der Waals surface area (Å²) in [6.07, 6.45) is 5.59. The molecule has 0 spiro atoms. The lowest BCUT2D eigenvalue weighted by molar-refractivity contribution is -0.136. The number of nitrogens with zero attached hydrogens (tertiary/aromatic N) is 4. The molecular weight excluding hydrogens is 845 g/mol. The molecule has 3 aromatic carbocycles. The van der Waals surface area contributed by atoms with Crippen LogP contribution in [0.2, 0.25) is 0 Å². The molecular formula is C53H66N8O6. The number of carbonyl (C=O) groups is 4. The van der Waals surface area contributed by atoms with Crippen LogP contribution in [0.25, 0.3) is 44.5 Å². The molecule has 9 rings (SSSR count). The summed E-state index contributed by atoms with van der Waals surface area (Å²) < 4.78 is 9.70. The van der Waals surface area contributed by atoms with E-state index in [1.165, 1.54) is 54.9 Å². The predicted molar refractivity (Wildman–Crippen MR) is 258 cm³/mol. The number of hydrogen-bond donors (Lipinski definition) is 4. The van der Waals surface area contributed by atoms with Gasteiger partial charge in [-0.2, -0.15) is 0 Å². The van der Waals surface area contributed by atoms with Crippen LogP contribution in [0.15, 0.2) is 60.8 Å². The van der Waals surface area contributed by atoms with Gasteiger partial charge in [-0.25, -0.2) is 19.6 Å². The molecule has 1 saturated carbocycles. The standard InChI is InChI=1S/C53H66N8O6/c1-28(2)44(58-50(64)66-9)48(62)60-26-52(5,6)23-41(60)46-54-25-40(57-46)31-13-11-30(12-14-31)35-19-18-34(37-21-32-15-17-36(32)43(35)37)33-16-20-38-39(22-33)56-47(55-38)42-24-53(7,8)27-61(42)49(63)45(29(3)4)59-51(65)67-10/h11-14,16,18-20,22,25,28-29,32,36,41-42,44-45H,15,17,21,23-24,26-27H2,1-10H3,(H,54,57)(H,55,56)(H,58,64)(H,59,65)/t32?,36?,41-,42-,44?,45-/m0/s1. The Balaban J connectivity index is 0.968. The number of nitrogens with one attached hydrogen (secondary N) is 4. The summed E-state index contributed by atoms with van der Waals surface area (Å²) in [5.74, 6) is 2.16. The van der Waals surface area contributed by atoms with Crippen molar-refractivity contribution in [1.29, 1.82) is 0 Å². The largest absolute Gasteiger partial charge is 0.453 e. The normalized spacial score (nSPS) is 22.3. The van der Waals surface area contributed by atoms with Gasteiger partial charge in [0.2, 0.25) is 11.8 Å². The van der Waals surface area contributed by atoms with E-state index >= 15 is 0 Å². The van der Waals surface area contributed by atoms with Crippen molar-refractivity contribution in [3.05, 3.63) is 83.6 Å². The Kier molecular flexibility index (Phi) is 12.0. The molecule has 354 valence electrons. The fraction of sp³-hybridized carbons (Fsp3) is 0.509. The maximum atomic E-state index is 14.1. The highest BCUT2D eigenvalue weighted by molar-refractivity contribution is 5.89. The maximum absolute atomic E-state index is 14.1. The number of carbonyl (C=O) groups excluding carboxylic acids is 4. The van der Waals surface area contributed by atoms with E-state index in [9.17, 15) is 19.2 Å². The van der Waals surface area contributed by atoms with Crippen molar-refractivity contribution >= 4 is 35.0 Å². The minimum atomic E-state index is -0.715. The van der Waals surface area contributed by atoms with Crippen molar-refractivity contribution in [3.63, 3.8) is 0 Å². The van der Waals surface area contributed by atoms with Crippen molar-refractivity contribution in [2.75, 3.05) is 27.3 Å². The van der Waals surface area contributed by atoms with Crippen LogP contribution in [0.1, 0.15) is 122 Å². The number of amides is 4. The number of methoxy groups -OCH3 is 2. The monoisotopic (exact) mass is 911 g/mol. The van der Waals surface area contributed by atoms with Crippen LogP contribution in [0.3, 0.4) is 0 Å². The number of benzene rings is 3. The van der Waals surface area contributed by atoms with Gasteiger partial charge in [0.05, 0.1) is 49.2 Å². The van der Waals surface area contributed by atoms with Gasteiger partial charge in [0, 0.05) is 13.1 Å². The van der Waals surface area contributed by atoms with Gasteiger partial charge < -0.3 is 39.9 Å². The number of imidazole rings is 2. The van der Waals surface area contributed by atoms with Gasteiger partial charge in [-0.05, 0) is 118 Å². The van der Waals surface area contributed by atoms with Gasteiger partial charge in [-0.3, -0.25) is 9.59 Å². The number of rotatable bonds is 11. The van der Waals surface area contributed by atoms with Crippen molar-refractivity contribution in [3.8, 4) is 33.5 Å². The number of hydrogen-bond acceptors (Lipinski definition) is 8. The Labute approximate surface area is 393 Å². The zero-order valence-corrected chi connectivity index (χ0v) is 40.6. The highest BCUT2D eigenvalue weighted by atomic mass is 16.5. The second-order valence-electron chi connectivity index (χ2n) is 21.7. The first-order chi connectivity index (χ1) is 31.8. The van der Waals surface area contributed by atoms with Gasteiger partial charge >= 0.3 is 12.2 Å². The molecule has 2 aliphatic carbocycles. The minimum Gasteiger partial charge on any atom is -0.453 e. The Bertz CT molecular complexity index is 2720. The Morgan fingerprint density at radius 3 is 1.81 bits per heavy atom. The molecule has 4 aliphatic rings. The van der Waals surface area contributed by atoms with E-state index in [1.807, 2.05) is 43.7 Å². The number of aromatic nitrogens is 4. The van der Waals surface area contributed by atoms with Crippen LogP contribution < -0.4 is 10.6 Å². The smallest absolute Gasteiger partial charge is 0.407 e. The van der Waals surface area contributed by atoms with E-state index in [0.717, 1.165) is 58.8 Å². The van der Waals surface area contributed by atoms with Gasteiger partial charge in [-0.1, -0.05) is 97.9 Å². The molecule has 0 bridgehead atoms. The van der Waals surface area contributed by atoms with E-state index < -0.39 is 24.3 Å². The summed E-state index contributed by atoms with van der Waals surface area (Å²) in [6.45, 7) is 17.5. The van der Waals surface area contributed by atoms with E-state index in [4.69, 9.17) is 19.4 Å². The molecule has 67 heavy (non-hydrogen) atoms. The molecule has 14 nitrogen and oxygen atoms in total. The number of likely N-dealkylation sites (tertiary alicyclic amines) is 2. The van der Waals surface area contributed by atoms with Crippen LogP contribution in [0.4, 0.5) is 9.59 Å². The lowest BCUT2D eigenvalue weighted by atomic mass is 9.73. The Morgan fingerprint density at radius 1 is 0.701 bits per heavy atom. The van der Waals surface area contributed by atoms with E-state index in [0.29, 0.717) is 24.9 Å². The van der Waals surface area contributed by atoms with Crippen molar-refractivity contribution in [1.82, 2.24) is 40.4 Å². The Hall–Kier alpha value is -6.18. The van der Waals surface area contributed by atoms with Crippen LogP contribution in [0.5, 0.6) is 0 Å². The molecule has 6 atom stereocenters. The third-order valence-electron chi connectivity index (χ3n) is 14.9. The zero-order chi connectivity index (χ0) is 47.7. The quantitative estimate of drug-likeness (QED) is 0.101. The van der Waals surface area contributed by atoms with Crippen LogP contribution in [-0.4, -0.2) is 93.1 Å². The van der Waals surface area contributed by atoms with Gasteiger partial charge in [0.25, 0.3) is 0 Å². The summed E-state index contributed by atoms with van der Waals surface area (Å²) >= 11 is 0. The number of H-pyrrole nitrogens is 2. The zero-order valence-electron chi connectivity index (χ0n) is 40.6. The predicted octanol–water partition coefficient (Wildman–Crippen LogP) is 9.70. The minimum absolute atomic E-state index is 0.124. The number of ether oxygens (including phenoxy) is 2. The van der Waals surface area contributed by atoms with E-state index in [1.54, 1.807) is 0 Å². The van der Waals surface area contributed by atoms with Gasteiger partial charge in [0.1, 0.15) is 23.7 Å². The average Bonchev–Trinajstić information content (AvgIpc) is 4.12. The summed E-state index contributed by atoms with van der Waals surface area (Å²) in [6, 6.07) is 17.8. The first-order valence-electron chi connectivity index (χ1n) is 24.0. The lowest BCUT2D eigenvalue weighted by Gasteiger charge is -2.31. The summed E-state index contributed by atoms with van der Waals surface area (Å²) in [5.41, 5.74) is 11.2. The van der Waals surface area contributed by atoms with E-state index in [-0.39, 0.29) is 46.6 Å². The summed E-state index contributed by atoms with van der Waals surface area (Å²) in [7, 11) is 2.61. The molecule has 2 saturated heterocycles. The molecule has 14 heteroatoms. The maximum Gasteiger partial charge on any atom is 0.407 e. The molecule has 5 aromatic rings.